The summed E-state index contributed by atoms with van der Waals surface area (Å²) in [5.41, 5.74) is 12.4. The van der Waals surface area contributed by atoms with Gasteiger partial charge in [-0.25, -0.2) is 4.79 Å². The summed E-state index contributed by atoms with van der Waals surface area (Å²) in [6.45, 7) is 0. The first-order valence-corrected chi connectivity index (χ1v) is 4.45. The van der Waals surface area contributed by atoms with Crippen LogP contribution in [0.3, 0.4) is 0 Å². The van der Waals surface area contributed by atoms with Crippen LogP contribution in [0, 0.1) is 0 Å². The standard InChI is InChI=1S/C10H12N2O2/c11-6-1-2-8(10(12)3-4-10)7(5-6)9(13)14/h1-2,5H,3-4,11-12H2,(H,13,14). The molecule has 0 aliphatic heterocycles. The summed E-state index contributed by atoms with van der Waals surface area (Å²) in [6.07, 6.45) is 1.69. The zero-order valence-electron chi connectivity index (χ0n) is 7.66. The van der Waals surface area contributed by atoms with E-state index < -0.39 is 11.5 Å². The first-order valence-electron chi connectivity index (χ1n) is 4.45. The molecular formula is C10H12N2O2. The van der Waals surface area contributed by atoms with E-state index in [-0.39, 0.29) is 5.56 Å². The molecule has 2 rings (SSSR count). The molecule has 0 spiro atoms. The van der Waals surface area contributed by atoms with E-state index in [1.807, 2.05) is 0 Å². The first kappa shape index (κ1) is 9.02. The zero-order chi connectivity index (χ0) is 10.3. The van der Waals surface area contributed by atoms with Crippen LogP contribution in [-0.4, -0.2) is 11.1 Å². The minimum absolute atomic E-state index is 0.227. The van der Waals surface area contributed by atoms with Gasteiger partial charge in [-0.05, 0) is 30.5 Å². The normalized spacial score (nSPS) is 17.8. The summed E-state index contributed by atoms with van der Waals surface area (Å²) in [6, 6.07) is 4.87. The van der Waals surface area contributed by atoms with Gasteiger partial charge in [-0.15, -0.1) is 0 Å². The molecule has 5 N–H and O–H groups in total. The van der Waals surface area contributed by atoms with Crippen molar-refractivity contribution in [3.63, 3.8) is 0 Å². The largest absolute Gasteiger partial charge is 0.478 e. The van der Waals surface area contributed by atoms with Crippen molar-refractivity contribution >= 4 is 11.7 Å². The molecule has 0 saturated heterocycles. The van der Waals surface area contributed by atoms with Crippen LogP contribution in [0.5, 0.6) is 0 Å². The highest BCUT2D eigenvalue weighted by molar-refractivity contribution is 5.91. The Bertz CT molecular complexity index is 397. The Labute approximate surface area is 81.5 Å². The van der Waals surface area contributed by atoms with Crippen molar-refractivity contribution in [1.82, 2.24) is 0 Å². The van der Waals surface area contributed by atoms with E-state index in [0.717, 1.165) is 12.8 Å². The van der Waals surface area contributed by atoms with Gasteiger partial charge in [-0.3, -0.25) is 0 Å². The fraction of sp³-hybridized carbons (Fsp3) is 0.300. The minimum Gasteiger partial charge on any atom is -0.478 e. The molecule has 0 bridgehead atoms. The van der Waals surface area contributed by atoms with Crippen LogP contribution in [-0.2, 0) is 5.54 Å². The van der Waals surface area contributed by atoms with E-state index in [1.54, 1.807) is 12.1 Å². The summed E-state index contributed by atoms with van der Waals surface area (Å²) in [4.78, 5) is 10.9. The van der Waals surface area contributed by atoms with Crippen molar-refractivity contribution in [2.45, 2.75) is 18.4 Å². The maximum Gasteiger partial charge on any atom is 0.336 e. The highest BCUT2D eigenvalue weighted by Gasteiger charge is 2.42. The lowest BCUT2D eigenvalue weighted by Gasteiger charge is -2.12. The third kappa shape index (κ3) is 1.33. The number of carbonyl (C=O) groups is 1. The van der Waals surface area contributed by atoms with Crippen molar-refractivity contribution in [1.29, 1.82) is 0 Å². The number of nitrogens with two attached hydrogens (primary N) is 2. The Morgan fingerprint density at radius 2 is 2.07 bits per heavy atom. The number of hydrogen-bond acceptors (Lipinski definition) is 3. The summed E-state index contributed by atoms with van der Waals surface area (Å²) >= 11 is 0. The molecule has 0 amide bonds. The first-order chi connectivity index (χ1) is 6.53. The number of benzene rings is 1. The van der Waals surface area contributed by atoms with Crippen molar-refractivity contribution < 1.29 is 9.90 Å². The molecule has 1 aromatic carbocycles. The SMILES string of the molecule is Nc1ccc(C2(N)CC2)c(C(=O)O)c1. The van der Waals surface area contributed by atoms with Crippen molar-refractivity contribution in [3.8, 4) is 0 Å². The quantitative estimate of drug-likeness (QED) is 0.608. The van der Waals surface area contributed by atoms with Gasteiger partial charge in [0.2, 0.25) is 0 Å². The molecule has 1 aliphatic carbocycles. The van der Waals surface area contributed by atoms with Crippen LogP contribution in [0.2, 0.25) is 0 Å². The molecule has 0 atom stereocenters. The number of aromatic carboxylic acids is 1. The molecule has 0 aromatic heterocycles. The van der Waals surface area contributed by atoms with E-state index in [4.69, 9.17) is 16.6 Å². The predicted octanol–water partition coefficient (Wildman–Crippen LogP) is 0.915. The summed E-state index contributed by atoms with van der Waals surface area (Å²) in [5, 5.41) is 8.97. The lowest BCUT2D eigenvalue weighted by atomic mass is 9.98. The molecule has 14 heavy (non-hydrogen) atoms. The van der Waals surface area contributed by atoms with Crippen LogP contribution in [0.25, 0.3) is 0 Å². The van der Waals surface area contributed by atoms with E-state index >= 15 is 0 Å². The van der Waals surface area contributed by atoms with Crippen LogP contribution in [0.15, 0.2) is 18.2 Å². The van der Waals surface area contributed by atoms with Crippen LogP contribution >= 0.6 is 0 Å². The average Bonchev–Trinajstić information content (AvgIpc) is 2.84. The second kappa shape index (κ2) is 2.72. The third-order valence-electron chi connectivity index (χ3n) is 2.60. The Kier molecular flexibility index (Phi) is 1.75. The van der Waals surface area contributed by atoms with Gasteiger partial charge < -0.3 is 16.6 Å². The number of hydrogen-bond donors (Lipinski definition) is 3. The highest BCUT2D eigenvalue weighted by Crippen LogP contribution is 2.44. The van der Waals surface area contributed by atoms with Gasteiger partial charge in [0.15, 0.2) is 0 Å². The second-order valence-corrected chi connectivity index (χ2v) is 3.77. The van der Waals surface area contributed by atoms with E-state index in [2.05, 4.69) is 0 Å². The third-order valence-corrected chi connectivity index (χ3v) is 2.60. The van der Waals surface area contributed by atoms with Gasteiger partial charge in [-0.1, -0.05) is 6.07 Å². The topological polar surface area (TPSA) is 89.3 Å². The Hall–Kier alpha value is -1.55. The van der Waals surface area contributed by atoms with E-state index in [0.29, 0.717) is 11.3 Å². The Balaban J connectivity index is 2.54. The summed E-state index contributed by atoms with van der Waals surface area (Å²) < 4.78 is 0. The van der Waals surface area contributed by atoms with Crippen molar-refractivity contribution in [2.75, 3.05) is 5.73 Å². The smallest absolute Gasteiger partial charge is 0.336 e. The number of anilines is 1. The van der Waals surface area contributed by atoms with Gasteiger partial charge in [0.1, 0.15) is 0 Å². The lowest BCUT2D eigenvalue weighted by molar-refractivity contribution is 0.0695. The lowest BCUT2D eigenvalue weighted by Crippen LogP contribution is -2.22. The van der Waals surface area contributed by atoms with Crippen LogP contribution < -0.4 is 11.5 Å². The van der Waals surface area contributed by atoms with Crippen molar-refractivity contribution in [3.05, 3.63) is 29.3 Å². The molecule has 0 heterocycles. The van der Waals surface area contributed by atoms with Gasteiger partial charge in [0, 0.05) is 11.2 Å². The number of carboxylic acids is 1. The van der Waals surface area contributed by atoms with Gasteiger partial charge >= 0.3 is 5.97 Å². The van der Waals surface area contributed by atoms with Crippen LogP contribution in [0.4, 0.5) is 5.69 Å². The second-order valence-electron chi connectivity index (χ2n) is 3.77. The molecule has 4 heteroatoms. The molecule has 1 aliphatic rings. The average molecular weight is 192 g/mol. The summed E-state index contributed by atoms with van der Waals surface area (Å²) in [7, 11) is 0. The Morgan fingerprint density at radius 1 is 1.43 bits per heavy atom. The molecular weight excluding hydrogens is 180 g/mol. The maximum absolute atomic E-state index is 10.9. The fourth-order valence-electron chi connectivity index (χ4n) is 1.58. The highest BCUT2D eigenvalue weighted by atomic mass is 16.4. The number of carboxylic acid groups (broad SMARTS) is 1. The predicted molar refractivity (Wildman–Crippen MR) is 52.9 cm³/mol. The molecule has 0 unspecified atom stereocenters. The van der Waals surface area contributed by atoms with Crippen LogP contribution in [0.1, 0.15) is 28.8 Å². The molecule has 1 saturated carbocycles. The monoisotopic (exact) mass is 192 g/mol. The zero-order valence-corrected chi connectivity index (χ0v) is 7.66. The Morgan fingerprint density at radius 3 is 2.57 bits per heavy atom. The summed E-state index contributed by atoms with van der Waals surface area (Å²) in [5.74, 6) is -0.968. The number of nitrogen functional groups attached to an aromatic ring is 1. The van der Waals surface area contributed by atoms with E-state index in [9.17, 15) is 4.79 Å². The van der Waals surface area contributed by atoms with Crippen molar-refractivity contribution in [2.24, 2.45) is 5.73 Å². The maximum atomic E-state index is 10.9. The number of rotatable bonds is 2. The molecule has 1 aromatic rings. The molecule has 74 valence electrons. The molecule has 0 radical (unpaired) electrons. The molecule has 1 fully saturated rings. The van der Waals surface area contributed by atoms with Gasteiger partial charge in [0.25, 0.3) is 0 Å². The minimum atomic E-state index is -0.968. The van der Waals surface area contributed by atoms with E-state index in [1.165, 1.54) is 6.07 Å². The molecule has 4 nitrogen and oxygen atoms in total. The van der Waals surface area contributed by atoms with Gasteiger partial charge in [-0.2, -0.15) is 0 Å². The fourth-order valence-corrected chi connectivity index (χ4v) is 1.58. The van der Waals surface area contributed by atoms with Gasteiger partial charge in [0.05, 0.1) is 5.56 Å².